The smallest absolute Gasteiger partial charge is 0.258 e. The summed E-state index contributed by atoms with van der Waals surface area (Å²) in [5.41, 5.74) is 1.76. The number of thiazole rings is 1. The number of carbonyl (C=O) groups is 1. The van der Waals surface area contributed by atoms with E-state index in [-0.39, 0.29) is 5.91 Å². The Morgan fingerprint density at radius 2 is 2.35 bits per heavy atom. The van der Waals surface area contributed by atoms with Crippen LogP contribution in [0, 0.1) is 3.57 Å². The number of aromatic nitrogens is 1. The maximum atomic E-state index is 12.3. The first-order valence-electron chi connectivity index (χ1n) is 6.09. The molecule has 2 aromatic rings. The third-order valence-corrected chi connectivity index (χ3v) is 5.44. The van der Waals surface area contributed by atoms with Crippen molar-refractivity contribution in [2.75, 3.05) is 11.9 Å². The lowest BCUT2D eigenvalue weighted by Gasteiger charge is -2.09. The molecule has 0 spiro atoms. The van der Waals surface area contributed by atoms with Crippen molar-refractivity contribution in [1.29, 1.82) is 0 Å². The molecular formula is C13H11BrIN3OS. The summed E-state index contributed by atoms with van der Waals surface area (Å²) >= 11 is 7.10. The van der Waals surface area contributed by atoms with Crippen molar-refractivity contribution >= 4 is 60.9 Å². The number of rotatable bonds is 2. The molecule has 4 nitrogen and oxygen atoms in total. The Morgan fingerprint density at radius 3 is 3.15 bits per heavy atom. The van der Waals surface area contributed by atoms with Crippen molar-refractivity contribution in [3.05, 3.63) is 42.4 Å². The van der Waals surface area contributed by atoms with E-state index in [1.54, 1.807) is 11.3 Å². The number of nitrogens with zero attached hydrogens (tertiary/aromatic N) is 1. The van der Waals surface area contributed by atoms with Crippen LogP contribution >= 0.6 is 49.9 Å². The molecule has 0 bridgehead atoms. The highest BCUT2D eigenvalue weighted by Gasteiger charge is 2.17. The van der Waals surface area contributed by atoms with Crippen LogP contribution in [0.5, 0.6) is 0 Å². The molecule has 20 heavy (non-hydrogen) atoms. The quantitative estimate of drug-likeness (QED) is 0.671. The number of halogens is 2. The van der Waals surface area contributed by atoms with Gasteiger partial charge in [-0.15, -0.1) is 11.3 Å². The molecule has 1 amide bonds. The van der Waals surface area contributed by atoms with Gasteiger partial charge in [0.15, 0.2) is 5.13 Å². The second-order valence-corrected chi connectivity index (χ2v) is 7.56. The lowest BCUT2D eigenvalue weighted by Crippen LogP contribution is -2.22. The average molecular weight is 464 g/mol. The van der Waals surface area contributed by atoms with E-state index in [4.69, 9.17) is 0 Å². The van der Waals surface area contributed by atoms with Crippen LogP contribution in [0.3, 0.4) is 0 Å². The van der Waals surface area contributed by atoms with Crippen LogP contribution in [0.15, 0.2) is 22.7 Å². The fourth-order valence-corrected chi connectivity index (χ4v) is 3.93. The number of hydrogen-bond acceptors (Lipinski definition) is 4. The van der Waals surface area contributed by atoms with Gasteiger partial charge >= 0.3 is 0 Å². The normalized spacial score (nSPS) is 13.9. The van der Waals surface area contributed by atoms with Crippen molar-refractivity contribution < 1.29 is 4.79 Å². The SMILES string of the molecule is O=C(Nc1nc2c(s1)CNCC2)c1cc(Br)ccc1I. The van der Waals surface area contributed by atoms with E-state index in [1.807, 2.05) is 18.2 Å². The first kappa shape index (κ1) is 14.4. The summed E-state index contributed by atoms with van der Waals surface area (Å²) < 4.78 is 1.82. The number of anilines is 1. The van der Waals surface area contributed by atoms with Gasteiger partial charge in [0.1, 0.15) is 0 Å². The second-order valence-electron chi connectivity index (χ2n) is 4.39. The Morgan fingerprint density at radius 1 is 1.50 bits per heavy atom. The maximum absolute atomic E-state index is 12.3. The fourth-order valence-electron chi connectivity index (χ4n) is 2.01. The molecule has 1 aromatic heterocycles. The number of benzene rings is 1. The summed E-state index contributed by atoms with van der Waals surface area (Å²) in [5, 5.41) is 6.88. The molecule has 1 aromatic carbocycles. The molecule has 0 saturated carbocycles. The lowest BCUT2D eigenvalue weighted by atomic mass is 10.2. The summed E-state index contributed by atoms with van der Waals surface area (Å²) in [4.78, 5) is 18.0. The van der Waals surface area contributed by atoms with Crippen molar-refractivity contribution in [3.63, 3.8) is 0 Å². The zero-order valence-corrected chi connectivity index (χ0v) is 14.9. The molecule has 1 aliphatic rings. The van der Waals surface area contributed by atoms with Gasteiger partial charge in [-0.3, -0.25) is 10.1 Å². The molecule has 0 fully saturated rings. The Balaban J connectivity index is 1.82. The molecule has 0 atom stereocenters. The highest BCUT2D eigenvalue weighted by atomic mass is 127. The van der Waals surface area contributed by atoms with Crippen LogP contribution in [0.4, 0.5) is 5.13 Å². The van der Waals surface area contributed by atoms with E-state index >= 15 is 0 Å². The Bertz CT molecular complexity index is 650. The van der Waals surface area contributed by atoms with Gasteiger partial charge in [-0.2, -0.15) is 0 Å². The summed E-state index contributed by atoms with van der Waals surface area (Å²) in [5.74, 6) is -0.116. The predicted molar refractivity (Wildman–Crippen MR) is 92.3 cm³/mol. The molecule has 0 aliphatic carbocycles. The van der Waals surface area contributed by atoms with Crippen LogP contribution in [0.1, 0.15) is 20.9 Å². The summed E-state index contributed by atoms with van der Waals surface area (Å²) in [6, 6.07) is 5.66. The van der Waals surface area contributed by atoms with E-state index in [1.165, 1.54) is 4.88 Å². The minimum Gasteiger partial charge on any atom is -0.311 e. The maximum Gasteiger partial charge on any atom is 0.258 e. The number of hydrogen-bond donors (Lipinski definition) is 2. The summed E-state index contributed by atoms with van der Waals surface area (Å²) in [6.07, 6.45) is 0.927. The van der Waals surface area contributed by atoms with Crippen LogP contribution in [0.25, 0.3) is 0 Å². The van der Waals surface area contributed by atoms with Gasteiger partial charge in [0.2, 0.25) is 0 Å². The molecule has 104 valence electrons. The zero-order valence-electron chi connectivity index (χ0n) is 10.4. The number of carbonyl (C=O) groups excluding carboxylic acids is 1. The zero-order chi connectivity index (χ0) is 14.1. The van der Waals surface area contributed by atoms with Crippen molar-refractivity contribution in [3.8, 4) is 0 Å². The van der Waals surface area contributed by atoms with Gasteiger partial charge in [0, 0.05) is 32.4 Å². The minimum atomic E-state index is -0.116. The van der Waals surface area contributed by atoms with Crippen molar-refractivity contribution in [2.24, 2.45) is 0 Å². The van der Waals surface area contributed by atoms with Gasteiger partial charge < -0.3 is 5.32 Å². The summed E-state index contributed by atoms with van der Waals surface area (Å²) in [7, 11) is 0. The Hall–Kier alpha value is -0.510. The van der Waals surface area contributed by atoms with Crippen molar-refractivity contribution in [1.82, 2.24) is 10.3 Å². The summed E-state index contributed by atoms with van der Waals surface area (Å²) in [6.45, 7) is 1.80. The molecule has 0 saturated heterocycles. The fraction of sp³-hybridized carbons (Fsp3) is 0.231. The van der Waals surface area contributed by atoms with Gasteiger partial charge in [-0.25, -0.2) is 4.98 Å². The van der Waals surface area contributed by atoms with Crippen LogP contribution < -0.4 is 10.6 Å². The monoisotopic (exact) mass is 463 g/mol. The number of fused-ring (bicyclic) bond motifs is 1. The van der Waals surface area contributed by atoms with E-state index in [0.717, 1.165) is 33.2 Å². The van der Waals surface area contributed by atoms with Crippen molar-refractivity contribution in [2.45, 2.75) is 13.0 Å². The van der Waals surface area contributed by atoms with E-state index in [2.05, 4.69) is 54.1 Å². The first-order valence-corrected chi connectivity index (χ1v) is 8.78. The predicted octanol–water partition coefficient (Wildman–Crippen LogP) is 3.41. The molecule has 1 aliphatic heterocycles. The first-order chi connectivity index (χ1) is 9.63. The highest BCUT2D eigenvalue weighted by Crippen LogP contribution is 2.26. The molecule has 7 heteroatoms. The van der Waals surface area contributed by atoms with E-state index < -0.39 is 0 Å². The third-order valence-electron chi connectivity index (χ3n) is 3.00. The van der Waals surface area contributed by atoms with Gasteiger partial charge in [-0.05, 0) is 40.8 Å². The molecule has 2 N–H and O–H groups in total. The Kier molecular flexibility index (Phi) is 4.39. The van der Waals surface area contributed by atoms with Gasteiger partial charge in [0.25, 0.3) is 5.91 Å². The van der Waals surface area contributed by atoms with E-state index in [9.17, 15) is 4.79 Å². The number of nitrogens with one attached hydrogen (secondary N) is 2. The molecule has 3 rings (SSSR count). The molecule has 0 radical (unpaired) electrons. The van der Waals surface area contributed by atoms with Crippen LogP contribution in [0.2, 0.25) is 0 Å². The number of amides is 1. The standard InChI is InChI=1S/C13H11BrIN3OS/c14-7-1-2-9(15)8(5-7)12(19)18-13-17-10-3-4-16-6-11(10)20-13/h1-2,5,16H,3-4,6H2,(H,17,18,19). The molecular weight excluding hydrogens is 453 g/mol. The third kappa shape index (κ3) is 3.05. The molecule has 0 unspecified atom stereocenters. The largest absolute Gasteiger partial charge is 0.311 e. The second kappa shape index (κ2) is 6.08. The van der Waals surface area contributed by atoms with E-state index in [0.29, 0.717) is 10.7 Å². The van der Waals surface area contributed by atoms with Crippen LogP contribution in [-0.4, -0.2) is 17.4 Å². The minimum absolute atomic E-state index is 0.116. The Labute approximate surface area is 142 Å². The van der Waals surface area contributed by atoms with Gasteiger partial charge in [-0.1, -0.05) is 15.9 Å². The van der Waals surface area contributed by atoms with Gasteiger partial charge in [0.05, 0.1) is 11.3 Å². The highest BCUT2D eigenvalue weighted by molar-refractivity contribution is 14.1. The van der Waals surface area contributed by atoms with Crippen LogP contribution in [-0.2, 0) is 13.0 Å². The molecule has 2 heterocycles. The lowest BCUT2D eigenvalue weighted by molar-refractivity contribution is 0.102. The average Bonchev–Trinajstić information content (AvgIpc) is 2.83. The topological polar surface area (TPSA) is 54.0 Å².